The van der Waals surface area contributed by atoms with E-state index in [-0.39, 0.29) is 5.41 Å². The van der Waals surface area contributed by atoms with Gasteiger partial charge >= 0.3 is 0 Å². The second kappa shape index (κ2) is 6.31. The smallest absolute Gasteiger partial charge is 0.151 e. The third-order valence-corrected chi connectivity index (χ3v) is 3.97. The highest BCUT2D eigenvalue weighted by atomic mass is 32.2. The molecule has 2 nitrogen and oxygen atoms in total. The summed E-state index contributed by atoms with van der Waals surface area (Å²) in [7, 11) is -2.48. The Morgan fingerprint density at radius 3 is 2.55 bits per heavy atom. The predicted octanol–water partition coefficient (Wildman–Crippen LogP) is 4.68. The predicted molar refractivity (Wildman–Crippen MR) is 85.5 cm³/mol. The Hall–Kier alpha value is -1.48. The number of ether oxygens (including phenoxy) is 1. The van der Waals surface area contributed by atoms with Crippen LogP contribution in [0.15, 0.2) is 47.5 Å². The van der Waals surface area contributed by atoms with Gasteiger partial charge in [0.1, 0.15) is 5.03 Å². The van der Waals surface area contributed by atoms with E-state index in [1.165, 1.54) is 11.8 Å². The van der Waals surface area contributed by atoms with E-state index in [9.17, 15) is 0 Å². The van der Waals surface area contributed by atoms with Crippen molar-refractivity contribution in [3.05, 3.63) is 53.7 Å². The maximum Gasteiger partial charge on any atom is 0.151 e. The molecule has 0 aliphatic heterocycles. The van der Waals surface area contributed by atoms with Crippen LogP contribution in [0.2, 0.25) is 0 Å². The van der Waals surface area contributed by atoms with Crippen molar-refractivity contribution in [3.8, 4) is 5.75 Å². The fourth-order valence-corrected chi connectivity index (χ4v) is 2.66. The number of hydrogen-bond donors (Lipinski definition) is 0. The molecular formula is C17H21NOS. The number of hydrogen-bond acceptors (Lipinski definition) is 3. The van der Waals surface area contributed by atoms with Gasteiger partial charge < -0.3 is 4.74 Å². The molecule has 106 valence electrons. The standard InChI is InChI=1S/C17H21NOS/c1-17(2,3)15-11-10-14(19-4)16(18-15)20-12-13-8-6-5-7-9-13/h5-11H,12H2,1-4H3/i4D3. The van der Waals surface area contributed by atoms with Crippen LogP contribution in [0.4, 0.5) is 0 Å². The molecule has 0 saturated heterocycles. The molecule has 0 N–H and O–H groups in total. The zero-order chi connectivity index (χ0) is 17.1. The van der Waals surface area contributed by atoms with E-state index in [1.807, 2.05) is 36.4 Å². The number of aromatic nitrogens is 1. The molecule has 0 saturated carbocycles. The quantitative estimate of drug-likeness (QED) is 0.763. The molecule has 20 heavy (non-hydrogen) atoms. The van der Waals surface area contributed by atoms with E-state index in [0.717, 1.165) is 11.3 Å². The van der Waals surface area contributed by atoms with Crippen molar-refractivity contribution in [3.63, 3.8) is 0 Å². The summed E-state index contributed by atoms with van der Waals surface area (Å²) < 4.78 is 27.0. The van der Waals surface area contributed by atoms with Crippen LogP contribution in [0.3, 0.4) is 0 Å². The number of thioether (sulfide) groups is 1. The normalized spacial score (nSPS) is 14.2. The van der Waals surface area contributed by atoms with Crippen molar-refractivity contribution in [1.29, 1.82) is 0 Å². The minimum atomic E-state index is -2.48. The van der Waals surface area contributed by atoms with Crippen molar-refractivity contribution in [1.82, 2.24) is 4.98 Å². The van der Waals surface area contributed by atoms with Crippen molar-refractivity contribution in [2.45, 2.75) is 37.0 Å². The van der Waals surface area contributed by atoms with Gasteiger partial charge in [-0.05, 0) is 17.7 Å². The molecule has 0 radical (unpaired) electrons. The van der Waals surface area contributed by atoms with Crippen LogP contribution < -0.4 is 4.74 Å². The van der Waals surface area contributed by atoms with Crippen LogP contribution in [-0.4, -0.2) is 12.0 Å². The van der Waals surface area contributed by atoms with Crippen molar-refractivity contribution < 1.29 is 8.85 Å². The van der Waals surface area contributed by atoms with E-state index < -0.39 is 7.04 Å². The van der Waals surface area contributed by atoms with E-state index in [4.69, 9.17) is 8.85 Å². The highest BCUT2D eigenvalue weighted by Crippen LogP contribution is 2.32. The Labute approximate surface area is 129 Å². The molecule has 0 amide bonds. The van der Waals surface area contributed by atoms with Gasteiger partial charge in [-0.3, -0.25) is 0 Å². The topological polar surface area (TPSA) is 22.1 Å². The summed E-state index contributed by atoms with van der Waals surface area (Å²) >= 11 is 1.48. The second-order valence-electron chi connectivity index (χ2n) is 5.63. The van der Waals surface area contributed by atoms with Gasteiger partial charge in [-0.2, -0.15) is 0 Å². The summed E-state index contributed by atoms with van der Waals surface area (Å²) in [5.41, 5.74) is 1.95. The lowest BCUT2D eigenvalue weighted by Crippen LogP contribution is -2.13. The summed E-state index contributed by atoms with van der Waals surface area (Å²) in [6, 6.07) is 13.5. The van der Waals surface area contributed by atoms with Gasteiger partial charge in [-0.1, -0.05) is 62.9 Å². The molecule has 0 atom stereocenters. The first-order valence-electron chi connectivity index (χ1n) is 8.02. The Bertz CT molecular complexity index is 651. The Morgan fingerprint density at radius 1 is 1.15 bits per heavy atom. The van der Waals surface area contributed by atoms with E-state index in [1.54, 1.807) is 6.07 Å². The molecule has 0 bridgehead atoms. The first-order valence-corrected chi connectivity index (χ1v) is 7.51. The highest BCUT2D eigenvalue weighted by molar-refractivity contribution is 7.98. The summed E-state index contributed by atoms with van der Waals surface area (Å²) in [5, 5.41) is 0.609. The van der Waals surface area contributed by atoms with E-state index in [2.05, 4.69) is 25.8 Å². The number of nitrogens with zero attached hydrogens (tertiary/aromatic N) is 1. The third-order valence-electron chi connectivity index (χ3n) is 2.92. The Balaban J connectivity index is 2.28. The van der Waals surface area contributed by atoms with Crippen LogP contribution in [0.5, 0.6) is 5.75 Å². The number of benzene rings is 1. The van der Waals surface area contributed by atoms with Crippen LogP contribution in [-0.2, 0) is 11.2 Å². The largest absolute Gasteiger partial charge is 0.494 e. The molecule has 3 heteroatoms. The number of pyridine rings is 1. The number of methoxy groups -OCH3 is 1. The van der Waals surface area contributed by atoms with Gasteiger partial charge in [0.25, 0.3) is 0 Å². The molecule has 0 unspecified atom stereocenters. The summed E-state index contributed by atoms with van der Waals surface area (Å²) in [6.45, 7) is 6.22. The number of rotatable bonds is 4. The second-order valence-corrected chi connectivity index (χ2v) is 6.59. The maximum absolute atomic E-state index is 7.31. The third kappa shape index (κ3) is 3.76. The summed E-state index contributed by atoms with van der Waals surface area (Å²) in [5.74, 6) is 1.01. The van der Waals surface area contributed by atoms with Crippen LogP contribution in [0.25, 0.3) is 0 Å². The molecular weight excluding hydrogens is 266 g/mol. The molecule has 0 spiro atoms. The van der Waals surface area contributed by atoms with Gasteiger partial charge in [-0.25, -0.2) is 4.98 Å². The van der Waals surface area contributed by atoms with Gasteiger partial charge in [-0.15, -0.1) is 0 Å². The molecule has 2 rings (SSSR count). The molecule has 1 heterocycles. The van der Waals surface area contributed by atoms with Crippen molar-refractivity contribution >= 4 is 11.8 Å². The zero-order valence-electron chi connectivity index (χ0n) is 15.0. The maximum atomic E-state index is 7.31. The molecule has 1 aromatic carbocycles. The molecule has 0 fully saturated rings. The van der Waals surface area contributed by atoms with Gasteiger partial charge in [0.2, 0.25) is 0 Å². The Morgan fingerprint density at radius 2 is 1.90 bits per heavy atom. The lowest BCUT2D eigenvalue weighted by atomic mass is 9.92. The summed E-state index contributed by atoms with van der Waals surface area (Å²) in [4.78, 5) is 4.63. The lowest BCUT2D eigenvalue weighted by molar-refractivity contribution is 0.398. The van der Waals surface area contributed by atoms with Crippen LogP contribution in [0.1, 0.15) is 36.1 Å². The van der Waals surface area contributed by atoms with Crippen LogP contribution >= 0.6 is 11.8 Å². The van der Waals surface area contributed by atoms with E-state index >= 15 is 0 Å². The van der Waals surface area contributed by atoms with Gasteiger partial charge in [0.15, 0.2) is 5.75 Å². The monoisotopic (exact) mass is 290 g/mol. The van der Waals surface area contributed by atoms with E-state index in [0.29, 0.717) is 16.5 Å². The fraction of sp³-hybridized carbons (Fsp3) is 0.353. The minimum absolute atomic E-state index is 0.111. The Kier molecular flexibility index (Phi) is 3.54. The average Bonchev–Trinajstić information content (AvgIpc) is 2.44. The lowest BCUT2D eigenvalue weighted by Gasteiger charge is -2.19. The highest BCUT2D eigenvalue weighted by Gasteiger charge is 2.17. The SMILES string of the molecule is [2H]C([2H])([2H])Oc1ccc(C(C)(C)C)nc1SCc1ccccc1. The average molecular weight is 290 g/mol. The molecule has 2 aromatic rings. The van der Waals surface area contributed by atoms with Crippen LogP contribution in [0, 0.1) is 0 Å². The fourth-order valence-electron chi connectivity index (χ4n) is 1.75. The van der Waals surface area contributed by atoms with Gasteiger partial charge in [0.05, 0.1) is 11.2 Å². The minimum Gasteiger partial charge on any atom is -0.494 e. The van der Waals surface area contributed by atoms with Gasteiger partial charge in [0, 0.05) is 16.9 Å². The first kappa shape index (κ1) is 11.2. The molecule has 0 aliphatic carbocycles. The van der Waals surface area contributed by atoms with Crippen molar-refractivity contribution in [2.75, 3.05) is 7.04 Å². The van der Waals surface area contributed by atoms with Crippen molar-refractivity contribution in [2.24, 2.45) is 0 Å². The first-order chi connectivity index (χ1) is 10.6. The molecule has 1 aromatic heterocycles. The summed E-state index contributed by atoms with van der Waals surface area (Å²) in [6.07, 6.45) is 0. The molecule has 0 aliphatic rings. The zero-order valence-corrected chi connectivity index (χ0v) is 12.8.